The first-order valence-electron chi connectivity index (χ1n) is 17.3. The second kappa shape index (κ2) is 23.5. The molecule has 0 heterocycles. The van der Waals surface area contributed by atoms with E-state index in [0.717, 1.165) is 49.7 Å². The van der Waals surface area contributed by atoms with Crippen LogP contribution in [0.15, 0.2) is 60.7 Å². The highest BCUT2D eigenvalue weighted by Crippen LogP contribution is 2.35. The van der Waals surface area contributed by atoms with Crippen molar-refractivity contribution in [3.05, 3.63) is 71.8 Å². The van der Waals surface area contributed by atoms with Gasteiger partial charge in [0.1, 0.15) is 4.91 Å². The summed E-state index contributed by atoms with van der Waals surface area (Å²) in [5.74, 6) is 0. The lowest BCUT2D eigenvalue weighted by molar-refractivity contribution is 0.312. The van der Waals surface area contributed by atoms with Crippen LogP contribution in [-0.2, 0) is 14.3 Å². The zero-order valence-electron chi connectivity index (χ0n) is 27.0. The zero-order chi connectivity index (χ0) is 30.1. The van der Waals surface area contributed by atoms with Gasteiger partial charge in [0.25, 0.3) is 10.1 Å². The minimum atomic E-state index is -3.92. The number of hydrogen-bond donors (Lipinski definition) is 0. The lowest BCUT2D eigenvalue weighted by Crippen LogP contribution is -2.12. The maximum absolute atomic E-state index is 13.8. The maximum Gasteiger partial charge on any atom is 0.297 e. The molecule has 42 heavy (non-hydrogen) atoms. The average molecular weight is 597 g/mol. The third kappa shape index (κ3) is 15.5. The van der Waals surface area contributed by atoms with Crippen LogP contribution < -0.4 is 0 Å². The maximum atomic E-state index is 13.8. The van der Waals surface area contributed by atoms with Gasteiger partial charge >= 0.3 is 0 Å². The van der Waals surface area contributed by atoms with Gasteiger partial charge in [-0.05, 0) is 36.0 Å². The Kier molecular flexibility index (Phi) is 20.3. The summed E-state index contributed by atoms with van der Waals surface area (Å²) in [6.45, 7) is 4.76. The van der Waals surface area contributed by atoms with Crippen LogP contribution in [0.4, 0.5) is 0 Å². The van der Waals surface area contributed by atoms with Crippen molar-refractivity contribution in [3.8, 4) is 0 Å². The second-order valence-electron chi connectivity index (χ2n) is 11.9. The molecule has 0 bridgehead atoms. The standard InChI is InChI=1S/C38H60O3S/c1-3-5-7-9-11-13-15-17-19-27-33-37(35-29-23-21-24-30-35)38(36-31-25-22-26-32-36)42(39,40)41-34-28-20-18-16-14-12-10-8-6-4-2/h21-26,29-32H,3-20,27-28,33-34H2,1-2H3. The first kappa shape index (κ1) is 36.3. The van der Waals surface area contributed by atoms with Crippen LogP contribution in [0.5, 0.6) is 0 Å². The fourth-order valence-corrected chi connectivity index (χ4v) is 7.10. The van der Waals surface area contributed by atoms with E-state index in [0.29, 0.717) is 10.5 Å². The Balaban J connectivity index is 2.00. The summed E-state index contributed by atoms with van der Waals surface area (Å²) in [4.78, 5) is 0.345. The summed E-state index contributed by atoms with van der Waals surface area (Å²) in [6, 6.07) is 19.6. The number of hydrogen-bond acceptors (Lipinski definition) is 3. The quantitative estimate of drug-likeness (QED) is 0.0616. The number of rotatable bonds is 26. The molecule has 0 saturated heterocycles. The van der Waals surface area contributed by atoms with Gasteiger partial charge in [-0.3, -0.25) is 4.18 Å². The molecule has 2 aromatic rings. The highest BCUT2D eigenvalue weighted by molar-refractivity contribution is 7.96. The van der Waals surface area contributed by atoms with E-state index in [-0.39, 0.29) is 6.61 Å². The Morgan fingerprint density at radius 3 is 1.33 bits per heavy atom. The van der Waals surface area contributed by atoms with Crippen LogP contribution in [0.3, 0.4) is 0 Å². The second-order valence-corrected chi connectivity index (χ2v) is 13.5. The van der Waals surface area contributed by atoms with Crippen molar-refractivity contribution in [1.29, 1.82) is 0 Å². The van der Waals surface area contributed by atoms with Crippen LogP contribution in [0.25, 0.3) is 10.5 Å². The molecule has 0 N–H and O–H groups in total. The predicted molar refractivity (Wildman–Crippen MR) is 183 cm³/mol. The number of unbranched alkanes of at least 4 members (excludes halogenated alkanes) is 18. The van der Waals surface area contributed by atoms with E-state index in [1.165, 1.54) is 96.3 Å². The van der Waals surface area contributed by atoms with E-state index in [4.69, 9.17) is 4.18 Å². The lowest BCUT2D eigenvalue weighted by Gasteiger charge is -2.17. The van der Waals surface area contributed by atoms with Crippen LogP contribution in [0.1, 0.15) is 160 Å². The molecule has 0 aliphatic carbocycles. The molecule has 236 valence electrons. The van der Waals surface area contributed by atoms with E-state index in [1.807, 2.05) is 60.7 Å². The van der Waals surface area contributed by atoms with Crippen LogP contribution in [0.2, 0.25) is 0 Å². The van der Waals surface area contributed by atoms with Crippen molar-refractivity contribution in [2.24, 2.45) is 0 Å². The Morgan fingerprint density at radius 1 is 0.500 bits per heavy atom. The van der Waals surface area contributed by atoms with Gasteiger partial charge in [-0.2, -0.15) is 8.42 Å². The Hall–Kier alpha value is -1.91. The Morgan fingerprint density at radius 2 is 0.881 bits per heavy atom. The minimum absolute atomic E-state index is 0.246. The molecule has 2 aromatic carbocycles. The van der Waals surface area contributed by atoms with Gasteiger partial charge in [-0.25, -0.2) is 0 Å². The van der Waals surface area contributed by atoms with Crippen molar-refractivity contribution in [2.45, 2.75) is 149 Å². The summed E-state index contributed by atoms with van der Waals surface area (Å²) in [7, 11) is -3.92. The van der Waals surface area contributed by atoms with Crippen molar-refractivity contribution >= 4 is 20.6 Å². The SMILES string of the molecule is CCCCCCCCCCCCOS(=O)(=O)C(=C(CCCCCCCCCCCC)c1ccccc1)c1ccccc1. The average Bonchev–Trinajstić information content (AvgIpc) is 3.01. The first-order chi connectivity index (χ1) is 20.6. The third-order valence-electron chi connectivity index (χ3n) is 8.20. The Labute approximate surface area is 259 Å². The smallest absolute Gasteiger partial charge is 0.266 e. The molecule has 0 unspecified atom stereocenters. The molecule has 0 radical (unpaired) electrons. The summed E-state index contributed by atoms with van der Waals surface area (Å²) >= 11 is 0. The summed E-state index contributed by atoms with van der Waals surface area (Å²) in [6.07, 6.45) is 25.4. The van der Waals surface area contributed by atoms with Crippen LogP contribution in [0, 0.1) is 0 Å². The van der Waals surface area contributed by atoms with Crippen LogP contribution >= 0.6 is 0 Å². The van der Waals surface area contributed by atoms with Gasteiger partial charge in [0.05, 0.1) is 6.61 Å². The van der Waals surface area contributed by atoms with Gasteiger partial charge in [-0.15, -0.1) is 0 Å². The van der Waals surface area contributed by atoms with E-state index in [9.17, 15) is 8.42 Å². The van der Waals surface area contributed by atoms with Crippen molar-refractivity contribution in [2.75, 3.05) is 6.61 Å². The molecule has 0 fully saturated rings. The summed E-state index contributed by atoms with van der Waals surface area (Å²) in [5.41, 5.74) is 2.56. The van der Waals surface area contributed by atoms with Crippen molar-refractivity contribution in [3.63, 3.8) is 0 Å². The molecular formula is C38H60O3S. The molecule has 0 amide bonds. The monoisotopic (exact) mass is 596 g/mol. The molecule has 3 nitrogen and oxygen atoms in total. The van der Waals surface area contributed by atoms with E-state index in [2.05, 4.69) is 13.8 Å². The van der Waals surface area contributed by atoms with Crippen LogP contribution in [-0.4, -0.2) is 15.0 Å². The number of allylic oxidation sites excluding steroid dienone is 1. The largest absolute Gasteiger partial charge is 0.297 e. The zero-order valence-corrected chi connectivity index (χ0v) is 27.8. The summed E-state index contributed by atoms with van der Waals surface area (Å²) in [5, 5.41) is 0. The van der Waals surface area contributed by atoms with Gasteiger partial charge < -0.3 is 0 Å². The molecule has 4 heteroatoms. The highest BCUT2D eigenvalue weighted by Gasteiger charge is 2.25. The minimum Gasteiger partial charge on any atom is -0.266 e. The molecule has 0 aliphatic rings. The summed E-state index contributed by atoms with van der Waals surface area (Å²) < 4.78 is 33.4. The first-order valence-corrected chi connectivity index (χ1v) is 18.7. The fraction of sp³-hybridized carbons (Fsp3) is 0.632. The van der Waals surface area contributed by atoms with Gasteiger partial charge in [0, 0.05) is 0 Å². The van der Waals surface area contributed by atoms with Crippen molar-refractivity contribution in [1.82, 2.24) is 0 Å². The van der Waals surface area contributed by atoms with E-state index in [1.54, 1.807) is 0 Å². The molecule has 0 saturated carbocycles. The van der Waals surface area contributed by atoms with Gasteiger partial charge in [-0.1, -0.05) is 190 Å². The lowest BCUT2D eigenvalue weighted by atomic mass is 9.96. The molecule has 0 spiro atoms. The fourth-order valence-electron chi connectivity index (χ4n) is 5.69. The topological polar surface area (TPSA) is 43.4 Å². The normalized spacial score (nSPS) is 12.4. The molecule has 0 aromatic heterocycles. The Bertz CT molecular complexity index is 1040. The molecule has 2 rings (SSSR count). The van der Waals surface area contributed by atoms with Crippen molar-refractivity contribution < 1.29 is 12.6 Å². The number of benzene rings is 2. The third-order valence-corrected chi connectivity index (χ3v) is 9.66. The highest BCUT2D eigenvalue weighted by atomic mass is 32.2. The van der Waals surface area contributed by atoms with Gasteiger partial charge in [0.2, 0.25) is 0 Å². The predicted octanol–water partition coefficient (Wildman–Crippen LogP) is 12.1. The molecular weight excluding hydrogens is 536 g/mol. The van der Waals surface area contributed by atoms with Gasteiger partial charge in [0.15, 0.2) is 0 Å². The van der Waals surface area contributed by atoms with E-state index >= 15 is 0 Å². The molecule has 0 atom stereocenters. The molecule has 0 aliphatic heterocycles. The van der Waals surface area contributed by atoms with E-state index < -0.39 is 10.1 Å².